The minimum absolute atomic E-state index is 0.397. The lowest BCUT2D eigenvalue weighted by molar-refractivity contribution is 0.894. The molecule has 16 heavy (non-hydrogen) atoms. The molecule has 0 aliphatic rings. The number of aryl methyl sites for hydroxylation is 1. The highest BCUT2D eigenvalue weighted by atomic mass is 15.3. The van der Waals surface area contributed by atoms with E-state index in [1.165, 1.54) is 10.9 Å². The average Bonchev–Trinajstić information content (AvgIpc) is 2.71. The molecule has 0 saturated carbocycles. The molecule has 0 amide bonds. The topological polar surface area (TPSA) is 56.2 Å². The summed E-state index contributed by atoms with van der Waals surface area (Å²) in [6.45, 7) is 2.48. The highest BCUT2D eigenvalue weighted by molar-refractivity contribution is 5.82. The Balaban J connectivity index is 2.51. The number of fused-ring (bicyclic) bond motifs is 3. The molecule has 4 nitrogen and oxygen atoms in total. The molecule has 0 spiro atoms. The summed E-state index contributed by atoms with van der Waals surface area (Å²) in [5.41, 5.74) is 8.85. The van der Waals surface area contributed by atoms with E-state index in [9.17, 15) is 0 Å². The maximum Gasteiger partial charge on any atom is 0.161 e. The van der Waals surface area contributed by atoms with Crippen LogP contribution in [-0.2, 0) is 6.54 Å². The second-order valence-electron chi connectivity index (χ2n) is 3.91. The van der Waals surface area contributed by atoms with Gasteiger partial charge in [-0.05, 0) is 36.6 Å². The minimum atomic E-state index is 0.397. The molecule has 4 heteroatoms. The Morgan fingerprint density at radius 1 is 1.19 bits per heavy atom. The van der Waals surface area contributed by atoms with Crippen molar-refractivity contribution in [3.63, 3.8) is 0 Å². The summed E-state index contributed by atoms with van der Waals surface area (Å²) >= 11 is 0. The van der Waals surface area contributed by atoms with Gasteiger partial charge in [0.2, 0.25) is 0 Å². The van der Waals surface area contributed by atoms with Crippen LogP contribution in [0.25, 0.3) is 16.6 Å². The van der Waals surface area contributed by atoms with Crippen molar-refractivity contribution in [2.24, 2.45) is 5.73 Å². The SMILES string of the molecule is Cc1ccc2c(ccc3nnc(CN)n32)c1. The molecule has 3 rings (SSSR count). The van der Waals surface area contributed by atoms with Gasteiger partial charge < -0.3 is 5.73 Å². The zero-order valence-corrected chi connectivity index (χ0v) is 9.01. The second-order valence-corrected chi connectivity index (χ2v) is 3.91. The van der Waals surface area contributed by atoms with Crippen molar-refractivity contribution in [2.75, 3.05) is 0 Å². The van der Waals surface area contributed by atoms with Crippen molar-refractivity contribution in [2.45, 2.75) is 13.5 Å². The summed E-state index contributed by atoms with van der Waals surface area (Å²) in [4.78, 5) is 0. The van der Waals surface area contributed by atoms with Crippen LogP contribution in [-0.4, -0.2) is 14.6 Å². The number of benzene rings is 1. The number of rotatable bonds is 1. The van der Waals surface area contributed by atoms with E-state index >= 15 is 0 Å². The summed E-state index contributed by atoms with van der Waals surface area (Å²) in [5.74, 6) is 0.796. The Kier molecular flexibility index (Phi) is 1.91. The van der Waals surface area contributed by atoms with E-state index in [1.54, 1.807) is 0 Å². The molecular formula is C12H12N4. The van der Waals surface area contributed by atoms with Gasteiger partial charge in [-0.1, -0.05) is 11.6 Å². The van der Waals surface area contributed by atoms with Crippen LogP contribution in [0.1, 0.15) is 11.4 Å². The third-order valence-corrected chi connectivity index (χ3v) is 2.77. The molecule has 80 valence electrons. The quantitative estimate of drug-likeness (QED) is 0.667. The fourth-order valence-electron chi connectivity index (χ4n) is 2.01. The first kappa shape index (κ1) is 9.30. The standard InChI is InChI=1S/C12H12N4/c1-8-2-4-10-9(6-8)3-5-11-14-15-12(7-13)16(10)11/h2-6H,7,13H2,1H3. The molecule has 0 bridgehead atoms. The van der Waals surface area contributed by atoms with Gasteiger partial charge in [-0.3, -0.25) is 4.40 Å². The van der Waals surface area contributed by atoms with Crippen LogP contribution in [0.3, 0.4) is 0 Å². The van der Waals surface area contributed by atoms with Crippen molar-refractivity contribution in [1.82, 2.24) is 14.6 Å². The number of hydrogen-bond donors (Lipinski definition) is 1. The van der Waals surface area contributed by atoms with Crippen LogP contribution in [0.2, 0.25) is 0 Å². The first-order valence-electron chi connectivity index (χ1n) is 5.23. The van der Waals surface area contributed by atoms with Gasteiger partial charge in [0.15, 0.2) is 11.5 Å². The van der Waals surface area contributed by atoms with Gasteiger partial charge in [-0.2, -0.15) is 0 Å². The smallest absolute Gasteiger partial charge is 0.161 e. The molecule has 2 heterocycles. The Morgan fingerprint density at radius 2 is 2.06 bits per heavy atom. The lowest BCUT2D eigenvalue weighted by Crippen LogP contribution is -2.03. The van der Waals surface area contributed by atoms with Crippen LogP contribution < -0.4 is 5.73 Å². The maximum atomic E-state index is 5.66. The number of nitrogens with zero attached hydrogens (tertiary/aromatic N) is 3. The van der Waals surface area contributed by atoms with Crippen molar-refractivity contribution >= 4 is 16.6 Å². The molecule has 3 aromatic rings. The number of nitrogens with two attached hydrogens (primary N) is 1. The maximum absolute atomic E-state index is 5.66. The molecule has 0 radical (unpaired) electrons. The first-order valence-corrected chi connectivity index (χ1v) is 5.23. The molecular weight excluding hydrogens is 200 g/mol. The van der Waals surface area contributed by atoms with Crippen LogP contribution in [0.5, 0.6) is 0 Å². The molecule has 0 fully saturated rings. The third-order valence-electron chi connectivity index (χ3n) is 2.77. The van der Waals surface area contributed by atoms with Gasteiger partial charge in [0.05, 0.1) is 12.1 Å². The molecule has 0 aliphatic carbocycles. The van der Waals surface area contributed by atoms with E-state index < -0.39 is 0 Å². The summed E-state index contributed by atoms with van der Waals surface area (Å²) in [6, 6.07) is 10.3. The predicted molar refractivity (Wildman–Crippen MR) is 63.1 cm³/mol. The van der Waals surface area contributed by atoms with Crippen LogP contribution in [0.15, 0.2) is 30.3 Å². The van der Waals surface area contributed by atoms with Gasteiger partial charge in [0, 0.05) is 0 Å². The van der Waals surface area contributed by atoms with Crippen LogP contribution in [0, 0.1) is 6.92 Å². The molecule has 1 aromatic carbocycles. The lowest BCUT2D eigenvalue weighted by Gasteiger charge is -2.04. The fourth-order valence-corrected chi connectivity index (χ4v) is 2.01. The molecule has 2 aromatic heterocycles. The van der Waals surface area contributed by atoms with Gasteiger partial charge in [-0.25, -0.2) is 0 Å². The van der Waals surface area contributed by atoms with Crippen molar-refractivity contribution in [3.8, 4) is 0 Å². The number of aromatic nitrogens is 3. The van der Waals surface area contributed by atoms with E-state index in [4.69, 9.17) is 5.73 Å². The van der Waals surface area contributed by atoms with E-state index in [0.29, 0.717) is 6.54 Å². The highest BCUT2D eigenvalue weighted by Crippen LogP contribution is 2.18. The lowest BCUT2D eigenvalue weighted by atomic mass is 10.1. The second kappa shape index (κ2) is 3.28. The summed E-state index contributed by atoms with van der Waals surface area (Å²) in [5, 5.41) is 9.35. The zero-order chi connectivity index (χ0) is 11.1. The molecule has 0 unspecified atom stereocenters. The number of pyridine rings is 1. The monoisotopic (exact) mass is 212 g/mol. The van der Waals surface area contributed by atoms with Gasteiger partial charge >= 0.3 is 0 Å². The largest absolute Gasteiger partial charge is 0.324 e. The van der Waals surface area contributed by atoms with Crippen molar-refractivity contribution in [1.29, 1.82) is 0 Å². The molecule has 0 atom stereocenters. The minimum Gasteiger partial charge on any atom is -0.324 e. The Hall–Kier alpha value is -1.94. The number of hydrogen-bond acceptors (Lipinski definition) is 3. The van der Waals surface area contributed by atoms with Crippen LogP contribution >= 0.6 is 0 Å². The van der Waals surface area contributed by atoms with E-state index in [1.807, 2.05) is 10.5 Å². The normalized spacial score (nSPS) is 11.4. The van der Waals surface area contributed by atoms with Gasteiger partial charge in [0.25, 0.3) is 0 Å². The molecule has 0 aliphatic heterocycles. The van der Waals surface area contributed by atoms with Gasteiger partial charge in [-0.15, -0.1) is 10.2 Å². The van der Waals surface area contributed by atoms with E-state index in [2.05, 4.69) is 41.4 Å². The Morgan fingerprint density at radius 3 is 2.88 bits per heavy atom. The fraction of sp³-hybridized carbons (Fsp3) is 0.167. The van der Waals surface area contributed by atoms with Crippen LogP contribution in [0.4, 0.5) is 0 Å². The van der Waals surface area contributed by atoms with E-state index in [-0.39, 0.29) is 0 Å². The Bertz CT molecular complexity index is 669. The van der Waals surface area contributed by atoms with E-state index in [0.717, 1.165) is 17.0 Å². The first-order chi connectivity index (χ1) is 7.79. The van der Waals surface area contributed by atoms with Crippen molar-refractivity contribution in [3.05, 3.63) is 41.7 Å². The zero-order valence-electron chi connectivity index (χ0n) is 9.01. The predicted octanol–water partition coefficient (Wildman–Crippen LogP) is 1.65. The summed E-state index contributed by atoms with van der Waals surface area (Å²) in [6.07, 6.45) is 0. The molecule has 2 N–H and O–H groups in total. The third kappa shape index (κ3) is 1.20. The summed E-state index contributed by atoms with van der Waals surface area (Å²) in [7, 11) is 0. The average molecular weight is 212 g/mol. The Labute approximate surface area is 92.7 Å². The van der Waals surface area contributed by atoms with Crippen molar-refractivity contribution < 1.29 is 0 Å². The summed E-state index contributed by atoms with van der Waals surface area (Å²) < 4.78 is 2.01. The highest BCUT2D eigenvalue weighted by Gasteiger charge is 2.06. The molecule has 0 saturated heterocycles. The van der Waals surface area contributed by atoms with Gasteiger partial charge in [0.1, 0.15) is 0 Å².